The number of hydrogen-bond donors (Lipinski definition) is 1. The van der Waals surface area contributed by atoms with Gasteiger partial charge < -0.3 is 15.0 Å². The molecule has 0 saturated heterocycles. The third-order valence-electron chi connectivity index (χ3n) is 3.80. The Balaban J connectivity index is 2.00. The van der Waals surface area contributed by atoms with Crippen LogP contribution in [0.15, 0.2) is 48.5 Å². The van der Waals surface area contributed by atoms with Crippen LogP contribution in [-0.4, -0.2) is 31.5 Å². The number of anilines is 1. The topological polar surface area (TPSA) is 82.4 Å². The van der Waals surface area contributed by atoms with Crippen molar-refractivity contribution in [2.75, 3.05) is 18.5 Å². The fourth-order valence-corrected chi connectivity index (χ4v) is 2.60. The van der Waals surface area contributed by atoms with E-state index in [1.807, 2.05) is 6.07 Å². The van der Waals surface area contributed by atoms with Crippen molar-refractivity contribution >= 4 is 17.5 Å². The minimum atomic E-state index is -0.784. The van der Waals surface area contributed by atoms with Crippen molar-refractivity contribution < 1.29 is 14.3 Å². The van der Waals surface area contributed by atoms with E-state index in [4.69, 9.17) is 10.00 Å². The number of nitrogens with one attached hydrogen (secondary N) is 1. The van der Waals surface area contributed by atoms with Crippen LogP contribution in [0.25, 0.3) is 0 Å². The summed E-state index contributed by atoms with van der Waals surface area (Å²) in [5.74, 6) is -0.105. The van der Waals surface area contributed by atoms with Crippen LogP contribution >= 0.6 is 0 Å². The van der Waals surface area contributed by atoms with Gasteiger partial charge in [-0.3, -0.25) is 9.59 Å². The monoisotopic (exact) mass is 321 g/mol. The Morgan fingerprint density at radius 2 is 2.04 bits per heavy atom. The maximum Gasteiger partial charge on any atom is 0.262 e. The van der Waals surface area contributed by atoms with Crippen molar-refractivity contribution in [2.24, 2.45) is 0 Å². The molecule has 0 aromatic heterocycles. The molecular weight excluding hydrogens is 306 g/mol. The molecule has 1 unspecified atom stereocenters. The van der Waals surface area contributed by atoms with Crippen LogP contribution in [-0.2, 0) is 4.79 Å². The minimum absolute atomic E-state index is 0.103. The fraction of sp³-hybridized carbons (Fsp3) is 0.167. The Labute approximate surface area is 139 Å². The highest BCUT2D eigenvalue weighted by Crippen LogP contribution is 2.34. The minimum Gasteiger partial charge on any atom is -0.477 e. The third kappa shape index (κ3) is 2.79. The molecule has 2 aromatic carbocycles. The Morgan fingerprint density at radius 1 is 1.25 bits per heavy atom. The van der Waals surface area contributed by atoms with Crippen LogP contribution in [0.5, 0.6) is 5.75 Å². The van der Waals surface area contributed by atoms with Gasteiger partial charge in [0, 0.05) is 12.6 Å². The van der Waals surface area contributed by atoms with Gasteiger partial charge in [0.15, 0.2) is 6.10 Å². The summed E-state index contributed by atoms with van der Waals surface area (Å²) in [6.45, 7) is 0.103. The van der Waals surface area contributed by atoms with Gasteiger partial charge in [0.05, 0.1) is 23.9 Å². The van der Waals surface area contributed by atoms with E-state index < -0.39 is 6.10 Å². The average molecular weight is 321 g/mol. The van der Waals surface area contributed by atoms with E-state index in [0.717, 1.165) is 0 Å². The van der Waals surface area contributed by atoms with E-state index in [0.29, 0.717) is 22.6 Å². The molecular formula is C18H15N3O3. The maximum atomic E-state index is 12.9. The third-order valence-corrected chi connectivity index (χ3v) is 3.80. The summed E-state index contributed by atoms with van der Waals surface area (Å²) in [6, 6.07) is 15.6. The molecule has 3 rings (SSSR count). The summed E-state index contributed by atoms with van der Waals surface area (Å²) in [7, 11) is 1.52. The lowest BCUT2D eigenvalue weighted by molar-refractivity contribution is -0.127. The SMILES string of the molecule is CNC(=O)C1CN(C(=O)c2cccc(C#N)c2)c2ccccc2O1. The molecule has 1 atom stereocenters. The van der Waals surface area contributed by atoms with Crippen LogP contribution in [0, 0.1) is 11.3 Å². The van der Waals surface area contributed by atoms with E-state index in [2.05, 4.69) is 5.32 Å². The summed E-state index contributed by atoms with van der Waals surface area (Å²) in [4.78, 5) is 26.4. The van der Waals surface area contributed by atoms with Gasteiger partial charge in [0.25, 0.3) is 11.8 Å². The Kier molecular flexibility index (Phi) is 4.17. The molecule has 0 aliphatic carbocycles. The summed E-state index contributed by atoms with van der Waals surface area (Å²) in [5.41, 5.74) is 1.40. The van der Waals surface area contributed by atoms with Crippen LogP contribution < -0.4 is 15.0 Å². The van der Waals surface area contributed by atoms with Gasteiger partial charge >= 0.3 is 0 Å². The first kappa shape index (κ1) is 15.6. The number of nitrogens with zero attached hydrogens (tertiary/aromatic N) is 2. The Bertz CT molecular complexity index is 841. The molecule has 6 heteroatoms. The normalized spacial score (nSPS) is 15.7. The molecule has 0 spiro atoms. The molecule has 0 bridgehead atoms. The quantitative estimate of drug-likeness (QED) is 0.913. The summed E-state index contributed by atoms with van der Waals surface area (Å²) in [6.07, 6.45) is -0.784. The molecule has 0 saturated carbocycles. The number of rotatable bonds is 2. The van der Waals surface area contributed by atoms with Crippen LogP contribution in [0.1, 0.15) is 15.9 Å². The van der Waals surface area contributed by atoms with E-state index in [1.54, 1.807) is 42.5 Å². The number of ether oxygens (including phenoxy) is 1. The van der Waals surface area contributed by atoms with Crippen molar-refractivity contribution in [3.8, 4) is 11.8 Å². The number of benzene rings is 2. The number of amides is 2. The molecule has 24 heavy (non-hydrogen) atoms. The van der Waals surface area contributed by atoms with Gasteiger partial charge in [-0.2, -0.15) is 5.26 Å². The van der Waals surface area contributed by atoms with Crippen molar-refractivity contribution in [3.05, 3.63) is 59.7 Å². The Hall–Kier alpha value is -3.33. The lowest BCUT2D eigenvalue weighted by Crippen LogP contribution is -2.50. The van der Waals surface area contributed by atoms with Gasteiger partial charge in [-0.05, 0) is 30.3 Å². The van der Waals surface area contributed by atoms with E-state index in [-0.39, 0.29) is 18.4 Å². The van der Waals surface area contributed by atoms with Crippen molar-refractivity contribution in [1.29, 1.82) is 5.26 Å². The number of fused-ring (bicyclic) bond motifs is 1. The predicted octanol–water partition coefficient (Wildman–Crippen LogP) is 1.71. The van der Waals surface area contributed by atoms with Crippen LogP contribution in [0.4, 0.5) is 5.69 Å². The first-order valence-corrected chi connectivity index (χ1v) is 7.43. The van der Waals surface area contributed by atoms with Crippen molar-refractivity contribution in [1.82, 2.24) is 5.32 Å². The van der Waals surface area contributed by atoms with E-state index in [1.165, 1.54) is 18.0 Å². The number of nitriles is 1. The Morgan fingerprint density at radius 3 is 2.79 bits per heavy atom. The smallest absolute Gasteiger partial charge is 0.262 e. The predicted molar refractivity (Wildman–Crippen MR) is 87.8 cm³/mol. The first-order valence-electron chi connectivity index (χ1n) is 7.43. The number of carbonyl (C=O) groups excluding carboxylic acids is 2. The van der Waals surface area contributed by atoms with Crippen LogP contribution in [0.2, 0.25) is 0 Å². The highest BCUT2D eigenvalue weighted by atomic mass is 16.5. The lowest BCUT2D eigenvalue weighted by Gasteiger charge is -2.34. The number of hydrogen-bond acceptors (Lipinski definition) is 4. The molecule has 2 amide bonds. The largest absolute Gasteiger partial charge is 0.477 e. The summed E-state index contributed by atoms with van der Waals surface area (Å²) < 4.78 is 5.69. The highest BCUT2D eigenvalue weighted by Gasteiger charge is 2.33. The van der Waals surface area contributed by atoms with Gasteiger partial charge in [-0.1, -0.05) is 18.2 Å². The second-order valence-electron chi connectivity index (χ2n) is 5.30. The molecule has 2 aromatic rings. The second-order valence-corrected chi connectivity index (χ2v) is 5.30. The molecule has 1 N–H and O–H groups in total. The zero-order valence-electron chi connectivity index (χ0n) is 13.0. The first-order chi connectivity index (χ1) is 11.6. The zero-order chi connectivity index (χ0) is 17.1. The molecule has 120 valence electrons. The summed E-state index contributed by atoms with van der Waals surface area (Å²) >= 11 is 0. The fourth-order valence-electron chi connectivity index (χ4n) is 2.60. The van der Waals surface area contributed by atoms with Gasteiger partial charge in [-0.25, -0.2) is 0 Å². The van der Waals surface area contributed by atoms with Crippen molar-refractivity contribution in [3.63, 3.8) is 0 Å². The summed E-state index contributed by atoms with van der Waals surface area (Å²) in [5, 5.41) is 11.5. The van der Waals surface area contributed by atoms with Gasteiger partial charge in [0.1, 0.15) is 5.75 Å². The molecule has 1 aliphatic heterocycles. The molecule has 6 nitrogen and oxygen atoms in total. The van der Waals surface area contributed by atoms with Gasteiger partial charge in [0.2, 0.25) is 0 Å². The zero-order valence-corrected chi connectivity index (χ0v) is 13.0. The molecule has 1 heterocycles. The molecule has 0 fully saturated rings. The van der Waals surface area contributed by atoms with E-state index in [9.17, 15) is 9.59 Å². The molecule has 0 radical (unpaired) electrons. The second kappa shape index (κ2) is 6.42. The molecule has 1 aliphatic rings. The standard InChI is InChI=1S/C18H15N3O3/c1-20-17(22)16-11-21(14-7-2-3-8-15(14)24-16)18(23)13-6-4-5-12(9-13)10-19/h2-9,16H,11H2,1H3,(H,20,22). The maximum absolute atomic E-state index is 12.9. The van der Waals surface area contributed by atoms with Crippen molar-refractivity contribution in [2.45, 2.75) is 6.10 Å². The number of likely N-dealkylation sites (N-methyl/N-ethyl adjacent to an activating group) is 1. The number of carbonyl (C=O) groups is 2. The van der Waals surface area contributed by atoms with Crippen LogP contribution in [0.3, 0.4) is 0 Å². The number of para-hydroxylation sites is 2. The average Bonchev–Trinajstić information content (AvgIpc) is 2.65. The van der Waals surface area contributed by atoms with Gasteiger partial charge in [-0.15, -0.1) is 0 Å². The highest BCUT2D eigenvalue weighted by molar-refractivity contribution is 6.08. The lowest BCUT2D eigenvalue weighted by atomic mass is 10.1. The van der Waals surface area contributed by atoms with E-state index >= 15 is 0 Å².